The number of nitrogens with zero attached hydrogens (tertiary/aromatic N) is 2. The van der Waals surface area contributed by atoms with E-state index in [2.05, 4.69) is 40.6 Å². The van der Waals surface area contributed by atoms with Gasteiger partial charge in [0.1, 0.15) is 5.82 Å². The molecule has 0 radical (unpaired) electrons. The first-order valence-electron chi connectivity index (χ1n) is 7.70. The predicted octanol–water partition coefficient (Wildman–Crippen LogP) is 3.13. The molecule has 0 fully saturated rings. The van der Waals surface area contributed by atoms with Crippen molar-refractivity contribution in [2.24, 2.45) is 0 Å². The molecule has 0 spiro atoms. The number of nitrogens with one attached hydrogen (secondary N) is 2. The van der Waals surface area contributed by atoms with Crippen molar-refractivity contribution in [3.8, 4) is 11.4 Å². The highest BCUT2D eigenvalue weighted by Crippen LogP contribution is 2.25. The number of benzene rings is 2. The van der Waals surface area contributed by atoms with Crippen molar-refractivity contribution in [3.63, 3.8) is 0 Å². The quantitative estimate of drug-likeness (QED) is 0.577. The zero-order valence-corrected chi connectivity index (χ0v) is 16.8. The second-order valence-corrected chi connectivity index (χ2v) is 8.10. The second-order valence-electron chi connectivity index (χ2n) is 5.56. The van der Waals surface area contributed by atoms with Crippen molar-refractivity contribution < 1.29 is 17.9 Å². The van der Waals surface area contributed by atoms with Gasteiger partial charge in [-0.15, -0.1) is 0 Å². The number of carbonyl (C=O) groups excluding carboxylic acids is 1. The Labute approximate surface area is 164 Å². The largest absolute Gasteiger partial charge is 0.465 e. The lowest BCUT2D eigenvalue weighted by Gasteiger charge is -2.10. The van der Waals surface area contributed by atoms with E-state index in [1.54, 1.807) is 31.2 Å². The minimum Gasteiger partial charge on any atom is -0.465 e. The molecule has 2 aromatic carbocycles. The molecule has 0 aliphatic rings. The molecule has 3 rings (SSSR count). The van der Waals surface area contributed by atoms with Crippen molar-refractivity contribution in [1.29, 1.82) is 0 Å². The van der Waals surface area contributed by atoms with Crippen LogP contribution in [-0.2, 0) is 14.8 Å². The minimum absolute atomic E-state index is 0.0646. The molecule has 2 N–H and O–H groups in total. The number of ether oxygens (including phenoxy) is 1. The standard InChI is InChI=1S/C17H15BrN4O4S/c1-10-19-16(21-20-10)11-4-3-5-12(8-11)22-27(24,25)13-6-7-15(18)14(9-13)17(23)26-2/h3-9,22H,1-2H3,(H,19,20,21). The summed E-state index contributed by atoms with van der Waals surface area (Å²) in [7, 11) is -2.69. The molecule has 1 heterocycles. The van der Waals surface area contributed by atoms with Crippen LogP contribution in [0.15, 0.2) is 51.8 Å². The van der Waals surface area contributed by atoms with E-state index in [1.807, 2.05) is 0 Å². The Bertz CT molecular complexity index is 1110. The molecular formula is C17H15BrN4O4S. The first-order chi connectivity index (χ1) is 12.8. The lowest BCUT2D eigenvalue weighted by atomic mass is 10.2. The smallest absolute Gasteiger partial charge is 0.339 e. The van der Waals surface area contributed by atoms with Crippen LogP contribution in [0.3, 0.4) is 0 Å². The van der Waals surface area contributed by atoms with Gasteiger partial charge < -0.3 is 4.74 Å². The average molecular weight is 451 g/mol. The van der Waals surface area contributed by atoms with Crippen molar-refractivity contribution in [2.45, 2.75) is 11.8 Å². The molecule has 0 unspecified atom stereocenters. The van der Waals surface area contributed by atoms with E-state index in [0.29, 0.717) is 27.4 Å². The lowest BCUT2D eigenvalue weighted by Crippen LogP contribution is -2.14. The Morgan fingerprint density at radius 1 is 1.22 bits per heavy atom. The fourth-order valence-electron chi connectivity index (χ4n) is 2.35. The van der Waals surface area contributed by atoms with Crippen LogP contribution < -0.4 is 4.72 Å². The van der Waals surface area contributed by atoms with E-state index in [0.717, 1.165) is 0 Å². The molecule has 0 bridgehead atoms. The van der Waals surface area contributed by atoms with Crippen LogP contribution >= 0.6 is 15.9 Å². The lowest BCUT2D eigenvalue weighted by molar-refractivity contribution is 0.0599. The van der Waals surface area contributed by atoms with E-state index >= 15 is 0 Å². The number of methoxy groups -OCH3 is 1. The molecule has 0 aliphatic carbocycles. The highest BCUT2D eigenvalue weighted by atomic mass is 79.9. The Balaban J connectivity index is 1.92. The topological polar surface area (TPSA) is 114 Å². The van der Waals surface area contributed by atoms with Gasteiger partial charge in [0, 0.05) is 15.7 Å². The van der Waals surface area contributed by atoms with Crippen LogP contribution in [0.5, 0.6) is 0 Å². The van der Waals surface area contributed by atoms with Crippen molar-refractivity contribution >= 4 is 37.6 Å². The number of aromatic nitrogens is 3. The number of carbonyl (C=O) groups is 1. The summed E-state index contributed by atoms with van der Waals surface area (Å²) >= 11 is 3.21. The van der Waals surface area contributed by atoms with Crippen molar-refractivity contribution in [2.75, 3.05) is 11.8 Å². The highest BCUT2D eigenvalue weighted by Gasteiger charge is 2.19. The number of aryl methyl sites for hydroxylation is 1. The van der Waals surface area contributed by atoms with Crippen molar-refractivity contribution in [1.82, 2.24) is 15.2 Å². The van der Waals surface area contributed by atoms with Gasteiger partial charge in [0.05, 0.1) is 17.6 Å². The van der Waals surface area contributed by atoms with Crippen molar-refractivity contribution in [3.05, 3.63) is 58.3 Å². The molecule has 0 saturated carbocycles. The molecule has 0 saturated heterocycles. The molecule has 3 aromatic rings. The fourth-order valence-corrected chi connectivity index (χ4v) is 3.83. The number of rotatable bonds is 5. The normalized spacial score (nSPS) is 11.2. The van der Waals surface area contributed by atoms with Gasteiger partial charge in [0.25, 0.3) is 10.0 Å². The maximum atomic E-state index is 12.7. The van der Waals surface area contributed by atoms with E-state index in [-0.39, 0.29) is 10.5 Å². The third-order valence-corrected chi connectivity index (χ3v) is 5.69. The van der Waals surface area contributed by atoms with Crippen LogP contribution in [0.2, 0.25) is 0 Å². The van der Waals surface area contributed by atoms with Gasteiger partial charge in [-0.05, 0) is 53.2 Å². The summed E-state index contributed by atoms with van der Waals surface area (Å²) in [5.74, 6) is 0.479. The van der Waals surface area contributed by atoms with E-state index in [9.17, 15) is 13.2 Å². The number of hydrogen-bond donors (Lipinski definition) is 2. The summed E-state index contributed by atoms with van der Waals surface area (Å²) in [5.41, 5.74) is 1.12. The van der Waals surface area contributed by atoms with Crippen LogP contribution in [0.25, 0.3) is 11.4 Å². The maximum Gasteiger partial charge on any atom is 0.339 e. The van der Waals surface area contributed by atoms with E-state index < -0.39 is 16.0 Å². The number of sulfonamides is 1. The Hall–Kier alpha value is -2.72. The average Bonchev–Trinajstić information content (AvgIpc) is 3.07. The summed E-state index contributed by atoms with van der Waals surface area (Å²) in [6, 6.07) is 10.8. The van der Waals surface area contributed by atoms with Gasteiger partial charge in [0.2, 0.25) is 0 Å². The maximum absolute atomic E-state index is 12.7. The molecule has 1 aromatic heterocycles. The molecule has 0 aliphatic heterocycles. The van der Waals surface area contributed by atoms with Crippen LogP contribution in [0, 0.1) is 6.92 Å². The Morgan fingerprint density at radius 3 is 2.67 bits per heavy atom. The Morgan fingerprint density at radius 2 is 2.00 bits per heavy atom. The fraction of sp³-hybridized carbons (Fsp3) is 0.118. The minimum atomic E-state index is -3.92. The van der Waals surface area contributed by atoms with Crippen LogP contribution in [0.4, 0.5) is 5.69 Å². The summed E-state index contributed by atoms with van der Waals surface area (Å²) in [6.07, 6.45) is 0. The second kappa shape index (κ2) is 7.49. The van der Waals surface area contributed by atoms with E-state index in [1.165, 1.54) is 25.3 Å². The molecule has 0 amide bonds. The number of H-pyrrole nitrogens is 1. The third kappa shape index (κ3) is 4.17. The number of aromatic amines is 1. The molecular weight excluding hydrogens is 436 g/mol. The summed E-state index contributed by atoms with van der Waals surface area (Å²) in [4.78, 5) is 16.0. The number of hydrogen-bond acceptors (Lipinski definition) is 6. The zero-order chi connectivity index (χ0) is 19.6. The van der Waals surface area contributed by atoms with Crippen LogP contribution in [-0.4, -0.2) is 36.7 Å². The monoisotopic (exact) mass is 450 g/mol. The third-order valence-electron chi connectivity index (χ3n) is 3.62. The summed E-state index contributed by atoms with van der Waals surface area (Å²) < 4.78 is 33.0. The first-order valence-corrected chi connectivity index (χ1v) is 9.98. The van der Waals surface area contributed by atoms with Gasteiger partial charge in [0.15, 0.2) is 5.82 Å². The zero-order valence-electron chi connectivity index (χ0n) is 14.4. The van der Waals surface area contributed by atoms with Gasteiger partial charge in [-0.25, -0.2) is 18.2 Å². The van der Waals surface area contributed by atoms with Gasteiger partial charge >= 0.3 is 5.97 Å². The first kappa shape index (κ1) is 19.1. The van der Waals surface area contributed by atoms with Gasteiger partial charge in [-0.2, -0.15) is 5.10 Å². The van der Waals surface area contributed by atoms with E-state index in [4.69, 9.17) is 0 Å². The number of esters is 1. The van der Waals surface area contributed by atoms with Gasteiger partial charge in [-0.1, -0.05) is 12.1 Å². The number of anilines is 1. The molecule has 8 nitrogen and oxygen atoms in total. The molecule has 27 heavy (non-hydrogen) atoms. The SMILES string of the molecule is COC(=O)c1cc(S(=O)(=O)Nc2cccc(-c3n[nH]c(C)n3)c2)ccc1Br. The Kier molecular flexibility index (Phi) is 5.29. The molecule has 0 atom stereocenters. The van der Waals surface area contributed by atoms with Crippen LogP contribution in [0.1, 0.15) is 16.2 Å². The molecule has 140 valence electrons. The molecule has 10 heteroatoms. The summed E-state index contributed by atoms with van der Waals surface area (Å²) in [5, 5.41) is 6.80. The summed E-state index contributed by atoms with van der Waals surface area (Å²) in [6.45, 7) is 1.77. The predicted molar refractivity (Wildman–Crippen MR) is 103 cm³/mol. The number of halogens is 1. The highest BCUT2D eigenvalue weighted by molar-refractivity contribution is 9.10. The van der Waals surface area contributed by atoms with Gasteiger partial charge in [-0.3, -0.25) is 9.82 Å².